The predicted molar refractivity (Wildman–Crippen MR) is 132 cm³/mol. The van der Waals surface area contributed by atoms with Crippen molar-refractivity contribution in [3.05, 3.63) is 53.7 Å². The number of benzene rings is 1. The van der Waals surface area contributed by atoms with Gasteiger partial charge in [0.15, 0.2) is 11.6 Å². The van der Waals surface area contributed by atoms with E-state index >= 15 is 0 Å². The minimum absolute atomic E-state index is 0.244. The molecule has 0 saturated carbocycles. The van der Waals surface area contributed by atoms with E-state index in [-0.39, 0.29) is 12.1 Å². The number of hydrogen-bond donors (Lipinski definition) is 2. The van der Waals surface area contributed by atoms with E-state index < -0.39 is 5.82 Å². The zero-order chi connectivity index (χ0) is 24.6. The van der Waals surface area contributed by atoms with Gasteiger partial charge in [-0.25, -0.2) is 29.1 Å². The monoisotopic (exact) mass is 490 g/mol. The molecule has 1 aromatic carbocycles. The number of aromatic nitrogens is 4. The van der Waals surface area contributed by atoms with E-state index in [4.69, 9.17) is 14.7 Å². The van der Waals surface area contributed by atoms with E-state index in [1.807, 2.05) is 36.1 Å². The fourth-order valence-electron chi connectivity index (χ4n) is 5.11. The van der Waals surface area contributed by atoms with Crippen LogP contribution in [0.25, 0.3) is 11.4 Å². The molecular formula is C25H27FN8O2. The fraction of sp³-hybridized carbons (Fsp3) is 0.400. The van der Waals surface area contributed by atoms with E-state index in [0.717, 1.165) is 42.0 Å². The first kappa shape index (κ1) is 22.6. The van der Waals surface area contributed by atoms with Crippen molar-refractivity contribution in [3.8, 4) is 11.4 Å². The first-order valence-electron chi connectivity index (χ1n) is 12.2. The Morgan fingerprint density at radius 1 is 1.19 bits per heavy atom. The number of anilines is 3. The van der Waals surface area contributed by atoms with Gasteiger partial charge >= 0.3 is 6.03 Å². The fourth-order valence-corrected chi connectivity index (χ4v) is 5.11. The molecule has 0 aliphatic carbocycles. The standard InChI is InChI=1S/C25H27FN8O2/c1-2-27-25(35)30-17-5-3-15(4-6-17)22-31-21-13-33(24-28-10-16(26)11-29-24)8-7-20(21)23(32-22)34-12-19-9-18(34)14-36-19/h3-6,10-11,18-19H,2,7-9,12-14H2,1H3,(H2,27,30,35)/t18-,19-/m0/s1. The van der Waals surface area contributed by atoms with Crippen molar-refractivity contribution in [1.82, 2.24) is 25.3 Å². The maximum atomic E-state index is 13.4. The van der Waals surface area contributed by atoms with Crippen molar-refractivity contribution >= 4 is 23.5 Å². The van der Waals surface area contributed by atoms with Gasteiger partial charge in [0.1, 0.15) is 5.82 Å². The average molecular weight is 491 g/mol. The Labute approximate surface area is 207 Å². The van der Waals surface area contributed by atoms with Crippen LogP contribution in [0, 0.1) is 5.82 Å². The van der Waals surface area contributed by atoms with Crippen LogP contribution in [0.5, 0.6) is 0 Å². The number of carbonyl (C=O) groups is 1. The zero-order valence-corrected chi connectivity index (χ0v) is 19.9. The molecule has 10 nitrogen and oxygen atoms in total. The van der Waals surface area contributed by atoms with Gasteiger partial charge in [-0.05, 0) is 44.0 Å². The number of carbonyl (C=O) groups excluding carboxylic acids is 1. The van der Waals surface area contributed by atoms with Crippen LogP contribution < -0.4 is 20.4 Å². The minimum Gasteiger partial charge on any atom is -0.374 e. The Morgan fingerprint density at radius 3 is 2.69 bits per heavy atom. The lowest BCUT2D eigenvalue weighted by Gasteiger charge is -2.34. The molecular weight excluding hydrogens is 463 g/mol. The van der Waals surface area contributed by atoms with Crippen LogP contribution in [-0.4, -0.2) is 64.4 Å². The van der Waals surface area contributed by atoms with Crippen LogP contribution >= 0.6 is 0 Å². The lowest BCUT2D eigenvalue weighted by Crippen LogP contribution is -2.40. The second-order valence-electron chi connectivity index (χ2n) is 9.23. The normalized spacial score (nSPS) is 20.4. The SMILES string of the molecule is CCNC(=O)Nc1ccc(-c2nc3c(c(N4C[C@@H]5C[C@H]4CO5)n2)CCN(c2ncc(F)cn2)C3)cc1. The van der Waals surface area contributed by atoms with Gasteiger partial charge < -0.3 is 25.2 Å². The number of amides is 2. The van der Waals surface area contributed by atoms with Gasteiger partial charge in [-0.2, -0.15) is 0 Å². The maximum absolute atomic E-state index is 13.4. The summed E-state index contributed by atoms with van der Waals surface area (Å²) in [5.74, 6) is 1.62. The van der Waals surface area contributed by atoms with Crippen LogP contribution in [0.15, 0.2) is 36.7 Å². The van der Waals surface area contributed by atoms with Crippen LogP contribution in [0.1, 0.15) is 24.6 Å². The topological polar surface area (TPSA) is 108 Å². The Balaban J connectivity index is 1.34. The van der Waals surface area contributed by atoms with Crippen molar-refractivity contribution in [2.75, 3.05) is 41.4 Å². The second-order valence-corrected chi connectivity index (χ2v) is 9.23. The smallest absolute Gasteiger partial charge is 0.319 e. The van der Waals surface area contributed by atoms with Crippen LogP contribution in [0.2, 0.25) is 0 Å². The summed E-state index contributed by atoms with van der Waals surface area (Å²) in [6.07, 6.45) is 4.38. The molecule has 3 aliphatic heterocycles. The highest BCUT2D eigenvalue weighted by atomic mass is 19.1. The number of morpholine rings is 1. The van der Waals surface area contributed by atoms with Crippen molar-refractivity contribution in [1.29, 1.82) is 0 Å². The number of rotatable bonds is 5. The molecule has 0 radical (unpaired) electrons. The van der Waals surface area contributed by atoms with E-state index in [2.05, 4.69) is 25.5 Å². The van der Waals surface area contributed by atoms with Crippen LogP contribution in [-0.2, 0) is 17.7 Å². The molecule has 5 heterocycles. The molecule has 2 saturated heterocycles. The highest BCUT2D eigenvalue weighted by Gasteiger charge is 2.41. The second kappa shape index (κ2) is 9.30. The van der Waals surface area contributed by atoms with Gasteiger partial charge in [0.05, 0.1) is 43.4 Å². The third-order valence-corrected chi connectivity index (χ3v) is 6.84. The molecule has 0 unspecified atom stereocenters. The molecule has 6 rings (SSSR count). The molecule has 2 aromatic heterocycles. The van der Waals surface area contributed by atoms with E-state index in [9.17, 15) is 9.18 Å². The summed E-state index contributed by atoms with van der Waals surface area (Å²) in [6.45, 7) is 5.18. The molecule has 0 spiro atoms. The number of nitrogens with zero attached hydrogens (tertiary/aromatic N) is 6. The van der Waals surface area contributed by atoms with Gasteiger partial charge in [0.2, 0.25) is 5.95 Å². The number of hydrogen-bond acceptors (Lipinski definition) is 8. The summed E-state index contributed by atoms with van der Waals surface area (Å²) in [5, 5.41) is 5.53. The molecule has 36 heavy (non-hydrogen) atoms. The van der Waals surface area contributed by atoms with Gasteiger partial charge in [-0.15, -0.1) is 0 Å². The molecule has 3 aromatic rings. The van der Waals surface area contributed by atoms with E-state index in [1.165, 1.54) is 12.4 Å². The average Bonchev–Trinajstić information content (AvgIpc) is 3.53. The van der Waals surface area contributed by atoms with E-state index in [0.29, 0.717) is 49.7 Å². The molecule has 2 fully saturated rings. The zero-order valence-electron chi connectivity index (χ0n) is 19.9. The lowest BCUT2D eigenvalue weighted by molar-refractivity contribution is 0.0988. The number of ether oxygens (including phenoxy) is 1. The number of nitrogens with one attached hydrogen (secondary N) is 2. The molecule has 11 heteroatoms. The summed E-state index contributed by atoms with van der Waals surface area (Å²) in [7, 11) is 0. The van der Waals surface area contributed by atoms with Crippen LogP contribution in [0.4, 0.5) is 26.6 Å². The third kappa shape index (κ3) is 4.30. The first-order valence-corrected chi connectivity index (χ1v) is 12.2. The highest BCUT2D eigenvalue weighted by Crippen LogP contribution is 2.37. The van der Waals surface area contributed by atoms with Gasteiger partial charge in [0.25, 0.3) is 0 Å². The van der Waals surface area contributed by atoms with Gasteiger partial charge in [-0.3, -0.25) is 0 Å². The number of fused-ring (bicyclic) bond motifs is 3. The largest absolute Gasteiger partial charge is 0.374 e. The molecule has 2 amide bonds. The summed E-state index contributed by atoms with van der Waals surface area (Å²) < 4.78 is 19.2. The minimum atomic E-state index is -0.459. The Hall–Kier alpha value is -3.86. The summed E-state index contributed by atoms with van der Waals surface area (Å²) in [6, 6.07) is 7.59. The lowest BCUT2D eigenvalue weighted by atomic mass is 10.0. The Kier molecular flexibility index (Phi) is 5.84. The predicted octanol–water partition coefficient (Wildman–Crippen LogP) is 2.75. The van der Waals surface area contributed by atoms with Crippen molar-refractivity contribution in [2.24, 2.45) is 0 Å². The van der Waals surface area contributed by atoms with Crippen molar-refractivity contribution in [2.45, 2.75) is 38.5 Å². The summed E-state index contributed by atoms with van der Waals surface area (Å²) >= 11 is 0. The number of urea groups is 1. The van der Waals surface area contributed by atoms with Gasteiger partial charge in [-0.1, -0.05) is 0 Å². The highest BCUT2D eigenvalue weighted by molar-refractivity contribution is 5.89. The van der Waals surface area contributed by atoms with Crippen molar-refractivity contribution in [3.63, 3.8) is 0 Å². The molecule has 2 bridgehead atoms. The molecule has 2 N–H and O–H groups in total. The third-order valence-electron chi connectivity index (χ3n) is 6.84. The molecule has 3 aliphatic rings. The maximum Gasteiger partial charge on any atom is 0.319 e. The van der Waals surface area contributed by atoms with E-state index in [1.54, 1.807) is 0 Å². The quantitative estimate of drug-likeness (QED) is 0.562. The van der Waals surface area contributed by atoms with Crippen LogP contribution in [0.3, 0.4) is 0 Å². The summed E-state index contributed by atoms with van der Waals surface area (Å²) in [5.41, 5.74) is 3.61. The van der Waals surface area contributed by atoms with Crippen molar-refractivity contribution < 1.29 is 13.9 Å². The number of halogens is 1. The Morgan fingerprint density at radius 2 is 2.00 bits per heavy atom. The van der Waals surface area contributed by atoms with Gasteiger partial charge in [0, 0.05) is 36.4 Å². The summed E-state index contributed by atoms with van der Waals surface area (Å²) in [4.78, 5) is 34.6. The Bertz CT molecular complexity index is 1270. The molecule has 2 atom stereocenters. The molecule has 186 valence electrons. The first-order chi connectivity index (χ1) is 17.6.